The third-order valence-electron chi connectivity index (χ3n) is 4.53. The fourth-order valence-electron chi connectivity index (χ4n) is 3.07. The zero-order valence-electron chi connectivity index (χ0n) is 15.1. The van der Waals surface area contributed by atoms with Gasteiger partial charge >= 0.3 is 5.97 Å². The standard InChI is InChI=1S/C18H23N3O3S2/c1-3-24-18(23)16-13(14-5-4-10-25-14)12-26-17(16)19-15(22)11-21-8-6-20(2)7-9-21/h4-5,10,12H,3,6-9,11H2,1-2H3,(H,19,22)/p+2. The number of hydrogen-bond acceptors (Lipinski definition) is 5. The Kier molecular flexibility index (Phi) is 6.42. The summed E-state index contributed by atoms with van der Waals surface area (Å²) in [4.78, 5) is 28.8. The van der Waals surface area contributed by atoms with Crippen LogP contribution in [0.4, 0.5) is 5.00 Å². The molecule has 1 fully saturated rings. The Balaban J connectivity index is 1.74. The van der Waals surface area contributed by atoms with E-state index in [0.717, 1.165) is 36.6 Å². The minimum atomic E-state index is -0.386. The molecule has 3 heterocycles. The predicted octanol–water partition coefficient (Wildman–Crippen LogP) is 0.00500. The number of nitrogens with one attached hydrogen (secondary N) is 3. The van der Waals surface area contributed by atoms with Crippen molar-refractivity contribution in [3.05, 3.63) is 28.5 Å². The van der Waals surface area contributed by atoms with Gasteiger partial charge in [0.05, 0.1) is 13.7 Å². The molecule has 3 rings (SSSR count). The van der Waals surface area contributed by atoms with E-state index in [-0.39, 0.29) is 11.9 Å². The number of ether oxygens (including phenoxy) is 1. The minimum Gasteiger partial charge on any atom is -0.462 e. The number of hydrogen-bond donors (Lipinski definition) is 3. The Morgan fingerprint density at radius 1 is 1.23 bits per heavy atom. The topological polar surface area (TPSA) is 64.3 Å². The van der Waals surface area contributed by atoms with E-state index in [1.165, 1.54) is 21.1 Å². The van der Waals surface area contributed by atoms with Crippen molar-refractivity contribution in [2.75, 3.05) is 51.7 Å². The van der Waals surface area contributed by atoms with Crippen molar-refractivity contribution in [1.29, 1.82) is 0 Å². The molecule has 0 unspecified atom stereocenters. The molecule has 1 aliphatic heterocycles. The van der Waals surface area contributed by atoms with Crippen LogP contribution in [0.2, 0.25) is 0 Å². The van der Waals surface area contributed by atoms with Crippen LogP contribution in [0.3, 0.4) is 0 Å². The lowest BCUT2D eigenvalue weighted by Gasteiger charge is -2.26. The molecule has 6 nitrogen and oxygen atoms in total. The number of piperazine rings is 1. The predicted molar refractivity (Wildman–Crippen MR) is 104 cm³/mol. The molecule has 0 radical (unpaired) electrons. The quantitative estimate of drug-likeness (QED) is 0.604. The fraction of sp³-hybridized carbons (Fsp3) is 0.444. The molecule has 2 aromatic heterocycles. The fourth-order valence-corrected chi connectivity index (χ4v) is 4.86. The summed E-state index contributed by atoms with van der Waals surface area (Å²) in [6, 6.07) is 3.92. The number of likely N-dealkylation sites (N-methyl/N-ethyl adjacent to an activating group) is 1. The van der Waals surface area contributed by atoms with E-state index in [1.807, 2.05) is 22.9 Å². The van der Waals surface area contributed by atoms with E-state index in [9.17, 15) is 9.59 Å². The van der Waals surface area contributed by atoms with Crippen LogP contribution in [0.15, 0.2) is 22.9 Å². The molecule has 1 saturated heterocycles. The molecular weight excluding hydrogens is 370 g/mol. The molecule has 1 amide bonds. The van der Waals surface area contributed by atoms with Gasteiger partial charge in [0.1, 0.15) is 36.7 Å². The van der Waals surface area contributed by atoms with Crippen molar-refractivity contribution in [3.63, 3.8) is 0 Å². The Labute approximate surface area is 161 Å². The lowest BCUT2D eigenvalue weighted by Crippen LogP contribution is -3.27. The molecule has 0 bridgehead atoms. The number of quaternary nitrogens is 2. The van der Waals surface area contributed by atoms with E-state index < -0.39 is 0 Å². The summed E-state index contributed by atoms with van der Waals surface area (Å²) < 4.78 is 5.22. The number of rotatable bonds is 6. The van der Waals surface area contributed by atoms with Crippen molar-refractivity contribution < 1.29 is 24.1 Å². The van der Waals surface area contributed by atoms with E-state index in [2.05, 4.69) is 12.4 Å². The van der Waals surface area contributed by atoms with Crippen molar-refractivity contribution in [1.82, 2.24) is 0 Å². The van der Waals surface area contributed by atoms with E-state index in [4.69, 9.17) is 4.74 Å². The smallest absolute Gasteiger partial charge is 0.341 e. The van der Waals surface area contributed by atoms with Gasteiger partial charge in [-0.15, -0.1) is 22.7 Å². The third kappa shape index (κ3) is 4.50. The summed E-state index contributed by atoms with van der Waals surface area (Å²) in [5.41, 5.74) is 1.29. The molecule has 0 atom stereocenters. The van der Waals surface area contributed by atoms with Gasteiger partial charge in [0.25, 0.3) is 5.91 Å². The lowest BCUT2D eigenvalue weighted by atomic mass is 10.1. The number of amides is 1. The first-order valence-corrected chi connectivity index (χ1v) is 10.6. The molecule has 1 aliphatic rings. The first-order valence-electron chi connectivity index (χ1n) is 8.85. The van der Waals surface area contributed by atoms with Crippen LogP contribution in [-0.4, -0.2) is 58.3 Å². The van der Waals surface area contributed by atoms with Gasteiger partial charge in [-0.05, 0) is 18.4 Å². The van der Waals surface area contributed by atoms with Crippen LogP contribution in [0.25, 0.3) is 10.4 Å². The first kappa shape index (κ1) is 19.0. The third-order valence-corrected chi connectivity index (χ3v) is 6.33. The van der Waals surface area contributed by atoms with E-state index in [1.54, 1.807) is 18.3 Å². The zero-order valence-corrected chi connectivity index (χ0v) is 16.7. The molecule has 0 aliphatic carbocycles. The van der Waals surface area contributed by atoms with Crippen molar-refractivity contribution >= 4 is 39.6 Å². The minimum absolute atomic E-state index is 0.0512. The van der Waals surface area contributed by atoms with Gasteiger partial charge in [0, 0.05) is 15.8 Å². The summed E-state index contributed by atoms with van der Waals surface area (Å²) in [6.07, 6.45) is 0. The number of carbonyl (C=O) groups is 2. The zero-order chi connectivity index (χ0) is 18.5. The number of esters is 1. The average Bonchev–Trinajstić information content (AvgIpc) is 3.26. The highest BCUT2D eigenvalue weighted by Gasteiger charge is 2.26. The van der Waals surface area contributed by atoms with Gasteiger partial charge in [0.2, 0.25) is 0 Å². The van der Waals surface area contributed by atoms with Gasteiger partial charge < -0.3 is 19.9 Å². The second-order valence-corrected chi connectivity index (χ2v) is 8.31. The highest BCUT2D eigenvalue weighted by Crippen LogP contribution is 2.38. The number of thiophene rings is 2. The van der Waals surface area contributed by atoms with E-state index in [0.29, 0.717) is 23.7 Å². The normalized spacial score (nSPS) is 19.9. The Hall–Kier alpha value is -1.74. The largest absolute Gasteiger partial charge is 0.462 e. The summed E-state index contributed by atoms with van der Waals surface area (Å²) >= 11 is 2.95. The molecule has 140 valence electrons. The molecule has 2 aromatic rings. The van der Waals surface area contributed by atoms with Crippen LogP contribution >= 0.6 is 22.7 Å². The Bertz CT molecular complexity index is 750. The summed E-state index contributed by atoms with van der Waals surface area (Å²) in [6.45, 7) is 6.67. The summed E-state index contributed by atoms with van der Waals surface area (Å²) in [5, 5.41) is 7.41. The molecular formula is C18H25N3O3S2+2. The molecule has 0 aromatic carbocycles. The molecule has 26 heavy (non-hydrogen) atoms. The van der Waals surface area contributed by atoms with Crippen LogP contribution < -0.4 is 15.1 Å². The van der Waals surface area contributed by atoms with Crippen LogP contribution in [0, 0.1) is 0 Å². The van der Waals surface area contributed by atoms with E-state index >= 15 is 0 Å². The average molecular weight is 396 g/mol. The highest BCUT2D eigenvalue weighted by atomic mass is 32.1. The SMILES string of the molecule is CCOC(=O)c1c(-c2cccs2)csc1NC(=O)C[NH+]1CC[NH+](C)CC1. The number of anilines is 1. The van der Waals surface area contributed by atoms with Crippen LogP contribution in [-0.2, 0) is 9.53 Å². The Morgan fingerprint density at radius 3 is 2.65 bits per heavy atom. The maximum absolute atomic E-state index is 12.5. The highest BCUT2D eigenvalue weighted by molar-refractivity contribution is 7.17. The van der Waals surface area contributed by atoms with Gasteiger partial charge in [-0.3, -0.25) is 4.79 Å². The second-order valence-electron chi connectivity index (χ2n) is 6.48. The second kappa shape index (κ2) is 8.77. The van der Waals surface area contributed by atoms with Gasteiger partial charge in [-0.25, -0.2) is 4.79 Å². The van der Waals surface area contributed by atoms with Crippen LogP contribution in [0.5, 0.6) is 0 Å². The van der Waals surface area contributed by atoms with Crippen molar-refractivity contribution in [3.8, 4) is 10.4 Å². The maximum atomic E-state index is 12.5. The molecule has 8 heteroatoms. The van der Waals surface area contributed by atoms with Crippen molar-refractivity contribution in [2.45, 2.75) is 6.92 Å². The maximum Gasteiger partial charge on any atom is 0.341 e. The summed E-state index contributed by atoms with van der Waals surface area (Å²) in [7, 11) is 2.18. The van der Waals surface area contributed by atoms with Crippen LogP contribution in [0.1, 0.15) is 17.3 Å². The Morgan fingerprint density at radius 2 is 2.00 bits per heavy atom. The molecule has 0 saturated carbocycles. The van der Waals surface area contributed by atoms with Gasteiger partial charge in [0.15, 0.2) is 6.54 Å². The first-order chi connectivity index (χ1) is 12.6. The van der Waals surface area contributed by atoms with Gasteiger partial charge in [-0.1, -0.05) is 6.07 Å². The monoisotopic (exact) mass is 395 g/mol. The lowest BCUT2D eigenvalue weighted by molar-refractivity contribution is -0.999. The van der Waals surface area contributed by atoms with Crippen molar-refractivity contribution in [2.24, 2.45) is 0 Å². The number of carbonyl (C=O) groups excluding carboxylic acids is 2. The van der Waals surface area contributed by atoms with Gasteiger partial charge in [-0.2, -0.15) is 0 Å². The molecule has 3 N–H and O–H groups in total. The summed E-state index contributed by atoms with van der Waals surface area (Å²) in [5.74, 6) is -0.437. The molecule has 0 spiro atoms.